The van der Waals surface area contributed by atoms with E-state index < -0.39 is 21.6 Å². The van der Waals surface area contributed by atoms with Gasteiger partial charge in [-0.3, -0.25) is 4.79 Å². The third-order valence-electron chi connectivity index (χ3n) is 11.9. The Morgan fingerprint density at radius 2 is 1.71 bits per heavy atom. The molecular weight excluding hydrogens is 728 g/mol. The van der Waals surface area contributed by atoms with Crippen molar-refractivity contribution in [2.45, 2.75) is 104 Å². The minimum Gasteiger partial charge on any atom is -0.451 e. The summed E-state index contributed by atoms with van der Waals surface area (Å²) in [6.07, 6.45) is 6.26. The second-order valence-electron chi connectivity index (χ2n) is 17.8. The van der Waals surface area contributed by atoms with Gasteiger partial charge in [-0.05, 0) is 111 Å². The van der Waals surface area contributed by atoms with Gasteiger partial charge < -0.3 is 29.1 Å². The number of rotatable bonds is 10. The minimum atomic E-state index is -3.61. The topological polar surface area (TPSA) is 132 Å². The van der Waals surface area contributed by atoms with Crippen LogP contribution in [0.2, 0.25) is 0 Å². The van der Waals surface area contributed by atoms with Crippen LogP contribution in [0, 0.1) is 17.2 Å². The molecular formula is C39H57FN8O6S. The molecule has 0 unspecified atom stereocenters. The van der Waals surface area contributed by atoms with Gasteiger partial charge in [0.25, 0.3) is 16.1 Å². The van der Waals surface area contributed by atoms with Crippen LogP contribution in [0.5, 0.6) is 11.5 Å². The van der Waals surface area contributed by atoms with Crippen molar-refractivity contribution in [3.63, 3.8) is 0 Å². The van der Waals surface area contributed by atoms with Crippen molar-refractivity contribution in [1.82, 2.24) is 33.3 Å². The number of hydrogen-bond acceptors (Lipinski definition) is 10. The fraction of sp³-hybridized carbons (Fsp3) is 0.692. The van der Waals surface area contributed by atoms with Gasteiger partial charge in [0.1, 0.15) is 23.5 Å². The highest BCUT2D eigenvalue weighted by atomic mass is 32.2. The Kier molecular flexibility index (Phi) is 10.8. The molecule has 6 heterocycles. The van der Waals surface area contributed by atoms with E-state index in [1.165, 1.54) is 24.5 Å². The highest BCUT2D eigenvalue weighted by Gasteiger charge is 2.53. The maximum absolute atomic E-state index is 14.4. The minimum absolute atomic E-state index is 0.0798. The monoisotopic (exact) mass is 784 g/mol. The van der Waals surface area contributed by atoms with Crippen molar-refractivity contribution >= 4 is 28.0 Å². The van der Waals surface area contributed by atoms with Gasteiger partial charge in [-0.1, -0.05) is 0 Å². The number of likely N-dealkylation sites (tertiary alicyclic amines) is 2. The van der Waals surface area contributed by atoms with E-state index in [9.17, 15) is 22.4 Å². The smallest absolute Gasteiger partial charge is 0.410 e. The molecule has 1 aromatic heterocycles. The highest BCUT2D eigenvalue weighted by Crippen LogP contribution is 2.45. The Labute approximate surface area is 325 Å². The molecule has 2 aromatic rings. The highest BCUT2D eigenvalue weighted by molar-refractivity contribution is 7.86. The molecule has 55 heavy (non-hydrogen) atoms. The maximum Gasteiger partial charge on any atom is 0.410 e. The molecule has 0 N–H and O–H groups in total. The molecule has 2 bridgehead atoms. The summed E-state index contributed by atoms with van der Waals surface area (Å²) < 4.78 is 57.1. The lowest BCUT2D eigenvalue weighted by Gasteiger charge is -2.54. The fourth-order valence-electron chi connectivity index (χ4n) is 9.27. The number of ether oxygens (including phenoxy) is 2. The van der Waals surface area contributed by atoms with E-state index in [-0.39, 0.29) is 58.8 Å². The van der Waals surface area contributed by atoms with E-state index in [4.69, 9.17) is 9.47 Å². The predicted octanol–water partition coefficient (Wildman–Crippen LogP) is 4.83. The molecule has 14 nitrogen and oxygen atoms in total. The van der Waals surface area contributed by atoms with Crippen LogP contribution >= 0.6 is 0 Å². The molecule has 0 aliphatic carbocycles. The number of carbonyl (C=O) groups excluding carboxylic acids is 2. The zero-order valence-corrected chi connectivity index (χ0v) is 34.1. The summed E-state index contributed by atoms with van der Waals surface area (Å²) in [6, 6.07) is 3.50. The molecule has 2 amide bonds. The third-order valence-corrected chi connectivity index (χ3v) is 13.9. The third kappa shape index (κ3) is 8.14. The Morgan fingerprint density at radius 1 is 1.00 bits per heavy atom. The van der Waals surface area contributed by atoms with Crippen LogP contribution in [0.15, 0.2) is 30.7 Å². The number of anilines is 1. The molecule has 0 saturated carbocycles. The molecule has 1 aromatic carbocycles. The van der Waals surface area contributed by atoms with Crippen LogP contribution in [-0.4, -0.2) is 142 Å². The SMILES string of the molecule is CC(C)N(C(=O)c1cc(F)ccc1Oc1cncnc1N1CC2(CCN(C[C@@H]3CCN(S(=O)(=O)N4C[C@@H]5C[C@H]4CN5C(=O)OC(C)(C)C)C3)CC2)C1)C(C)C. The quantitative estimate of drug-likeness (QED) is 0.330. The molecule has 302 valence electrons. The van der Waals surface area contributed by atoms with Crippen LogP contribution in [-0.2, 0) is 14.9 Å². The number of benzene rings is 1. The van der Waals surface area contributed by atoms with Crippen molar-refractivity contribution in [3.05, 3.63) is 42.1 Å². The van der Waals surface area contributed by atoms with E-state index in [1.807, 2.05) is 48.5 Å². The summed E-state index contributed by atoms with van der Waals surface area (Å²) in [4.78, 5) is 43.1. The zero-order valence-electron chi connectivity index (χ0n) is 33.3. The van der Waals surface area contributed by atoms with E-state index >= 15 is 0 Å². The lowest BCUT2D eigenvalue weighted by Crippen LogP contribution is -2.61. The van der Waals surface area contributed by atoms with Gasteiger partial charge >= 0.3 is 6.09 Å². The van der Waals surface area contributed by atoms with Crippen molar-refractivity contribution < 1.29 is 31.9 Å². The van der Waals surface area contributed by atoms with Gasteiger partial charge in [0.05, 0.1) is 17.8 Å². The summed E-state index contributed by atoms with van der Waals surface area (Å²) >= 11 is 0. The van der Waals surface area contributed by atoms with Gasteiger partial charge in [-0.15, -0.1) is 0 Å². The number of fused-ring (bicyclic) bond motifs is 2. The number of piperazine rings is 1. The lowest BCUT2D eigenvalue weighted by atomic mass is 9.72. The van der Waals surface area contributed by atoms with Gasteiger partial charge in [-0.25, -0.2) is 19.2 Å². The van der Waals surface area contributed by atoms with E-state index in [0.29, 0.717) is 44.2 Å². The first-order chi connectivity index (χ1) is 25.9. The van der Waals surface area contributed by atoms with Crippen molar-refractivity contribution in [1.29, 1.82) is 0 Å². The summed E-state index contributed by atoms with van der Waals surface area (Å²) in [5.41, 5.74) is -0.286. The molecule has 0 radical (unpaired) electrons. The Morgan fingerprint density at radius 3 is 2.35 bits per heavy atom. The first-order valence-corrected chi connectivity index (χ1v) is 21.2. The van der Waals surface area contributed by atoms with Crippen molar-refractivity contribution in [2.24, 2.45) is 11.3 Å². The number of carbonyl (C=O) groups is 2. The Hall–Kier alpha value is -3.60. The molecule has 7 rings (SSSR count). The predicted molar refractivity (Wildman–Crippen MR) is 206 cm³/mol. The van der Waals surface area contributed by atoms with E-state index in [2.05, 4.69) is 19.8 Å². The average Bonchev–Trinajstić information content (AvgIpc) is 3.85. The summed E-state index contributed by atoms with van der Waals surface area (Å²) in [5.74, 6) is 0.781. The van der Waals surface area contributed by atoms with Crippen LogP contribution in [0.25, 0.3) is 0 Å². The van der Waals surface area contributed by atoms with Gasteiger partial charge in [0, 0.05) is 69.4 Å². The van der Waals surface area contributed by atoms with Crippen LogP contribution in [0.4, 0.5) is 15.0 Å². The largest absolute Gasteiger partial charge is 0.451 e. The molecule has 5 aliphatic rings. The van der Waals surface area contributed by atoms with Crippen molar-refractivity contribution in [3.8, 4) is 11.5 Å². The second-order valence-corrected chi connectivity index (χ2v) is 19.7. The van der Waals surface area contributed by atoms with Gasteiger partial charge in [0.2, 0.25) is 0 Å². The molecule has 5 aliphatic heterocycles. The Balaban J connectivity index is 0.905. The summed E-state index contributed by atoms with van der Waals surface area (Å²) in [6.45, 7) is 19.4. The number of hydrogen-bond donors (Lipinski definition) is 0. The summed E-state index contributed by atoms with van der Waals surface area (Å²) in [5, 5.41) is 0. The van der Waals surface area contributed by atoms with Crippen LogP contribution in [0.3, 0.4) is 0 Å². The average molecular weight is 785 g/mol. The van der Waals surface area contributed by atoms with Crippen LogP contribution < -0.4 is 9.64 Å². The van der Waals surface area contributed by atoms with Crippen molar-refractivity contribution in [2.75, 3.05) is 63.8 Å². The molecule has 5 saturated heterocycles. The number of amides is 2. The lowest BCUT2D eigenvalue weighted by molar-refractivity contribution is 0.0170. The number of halogens is 1. The standard InChI is InChI=1S/C39H57FN8O6S/c1-26(2)48(27(3)4)36(49)32-16-29(40)8-9-33(32)53-34-18-41-25-42-35(34)44-23-39(24-44)11-14-43(15-12-39)19-28-10-13-45(20-28)55(51,52)47-22-30-17-31(47)21-46(30)37(50)54-38(5,6)7/h8-9,16,18,25-28,30-31H,10-15,17,19-24H2,1-7H3/t28-,30-,31-/m0/s1. The first-order valence-electron chi connectivity index (χ1n) is 19.8. The first kappa shape index (κ1) is 39.6. The molecule has 3 atom stereocenters. The molecule has 1 spiro atoms. The van der Waals surface area contributed by atoms with E-state index in [0.717, 1.165) is 52.0 Å². The number of piperidine rings is 1. The Bertz CT molecular complexity index is 1850. The fourth-order valence-corrected chi connectivity index (χ4v) is 11.2. The number of aromatic nitrogens is 2. The molecule has 16 heteroatoms. The van der Waals surface area contributed by atoms with Crippen LogP contribution in [0.1, 0.15) is 84.5 Å². The zero-order chi connectivity index (χ0) is 39.4. The normalized spacial score (nSPS) is 24.6. The van der Waals surface area contributed by atoms with Gasteiger partial charge in [-0.2, -0.15) is 17.0 Å². The maximum atomic E-state index is 14.4. The van der Waals surface area contributed by atoms with E-state index in [1.54, 1.807) is 24.6 Å². The molecule has 5 fully saturated rings. The van der Waals surface area contributed by atoms with Gasteiger partial charge in [0.15, 0.2) is 11.6 Å². The number of nitrogens with zero attached hydrogens (tertiary/aromatic N) is 8. The summed E-state index contributed by atoms with van der Waals surface area (Å²) in [7, 11) is -3.61. The second kappa shape index (κ2) is 15.1.